The van der Waals surface area contributed by atoms with Gasteiger partial charge in [-0.15, -0.1) is 0 Å². The van der Waals surface area contributed by atoms with Crippen molar-refractivity contribution in [3.8, 4) is 0 Å². The van der Waals surface area contributed by atoms with Crippen molar-refractivity contribution < 1.29 is 27.4 Å². The van der Waals surface area contributed by atoms with Gasteiger partial charge in [0.15, 0.2) is 0 Å². The number of halogens is 1. The van der Waals surface area contributed by atoms with Crippen LogP contribution in [0, 0.1) is 0 Å². The summed E-state index contributed by atoms with van der Waals surface area (Å²) >= 11 is 0. The van der Waals surface area contributed by atoms with Crippen molar-refractivity contribution in [1.29, 1.82) is 0 Å². The summed E-state index contributed by atoms with van der Waals surface area (Å²) in [6, 6.07) is 0. The van der Waals surface area contributed by atoms with E-state index in [1.165, 1.54) is 0 Å². The zero-order chi connectivity index (χ0) is 5.15. The van der Waals surface area contributed by atoms with Crippen LogP contribution in [0.15, 0.2) is 0 Å². The van der Waals surface area contributed by atoms with E-state index in [1.54, 1.807) is 0 Å². The summed E-state index contributed by atoms with van der Waals surface area (Å²) in [5.41, 5.74) is 0. The van der Waals surface area contributed by atoms with E-state index in [0.29, 0.717) is 0 Å². The molecule has 0 radical (unpaired) electrons. The number of aliphatic carboxylic acids is 1. The van der Waals surface area contributed by atoms with Crippen LogP contribution < -0.4 is 17.5 Å². The third kappa shape index (κ3) is 17.9. The molecule has 0 fully saturated rings. The molecular formula is C3H5Ca2ClO3+2. The van der Waals surface area contributed by atoms with Gasteiger partial charge in [-0.1, -0.05) is 0 Å². The van der Waals surface area contributed by atoms with Crippen molar-refractivity contribution in [3.63, 3.8) is 0 Å². The van der Waals surface area contributed by atoms with Gasteiger partial charge in [0.25, 0.3) is 0 Å². The van der Waals surface area contributed by atoms with Crippen LogP contribution in [-0.2, 0) is 4.79 Å². The zero-order valence-electron chi connectivity index (χ0n) is 5.13. The second-order valence-electron chi connectivity index (χ2n) is 0.995. The molecule has 0 amide bonds. The summed E-state index contributed by atoms with van der Waals surface area (Å²) in [6.07, 6.45) is -1.34. The number of aliphatic hydroxyl groups is 1. The van der Waals surface area contributed by atoms with E-state index in [9.17, 15) is 9.90 Å². The minimum atomic E-state index is -1.44. The first-order valence-corrected chi connectivity index (χ1v) is 1.53. The fraction of sp³-hybridized carbons (Fsp3) is 0.667. The maximum absolute atomic E-state index is 9.34. The van der Waals surface area contributed by atoms with Gasteiger partial charge in [0.2, 0.25) is 0 Å². The van der Waals surface area contributed by atoms with Crippen molar-refractivity contribution in [3.05, 3.63) is 0 Å². The monoisotopic (exact) mass is 204 g/mol. The Hall–Kier alpha value is 2.24. The van der Waals surface area contributed by atoms with Gasteiger partial charge in [0.1, 0.15) is 0 Å². The number of rotatable bonds is 1. The van der Waals surface area contributed by atoms with Crippen LogP contribution in [0.2, 0.25) is 0 Å². The van der Waals surface area contributed by atoms with Crippen LogP contribution in [0.5, 0.6) is 0 Å². The molecule has 0 aromatic rings. The van der Waals surface area contributed by atoms with Crippen LogP contribution >= 0.6 is 0 Å². The third-order valence-electron chi connectivity index (χ3n) is 0.341. The topological polar surface area (TPSA) is 60.4 Å². The molecule has 3 nitrogen and oxygen atoms in total. The van der Waals surface area contributed by atoms with Crippen LogP contribution in [0.3, 0.4) is 0 Å². The molecule has 0 aliphatic carbocycles. The molecule has 0 aliphatic rings. The van der Waals surface area contributed by atoms with Gasteiger partial charge in [-0.05, 0) is 6.92 Å². The van der Waals surface area contributed by atoms with E-state index in [2.05, 4.69) is 0 Å². The largest absolute Gasteiger partial charge is 2.00 e. The average molecular weight is 205 g/mol. The molecule has 0 bridgehead atoms. The van der Waals surface area contributed by atoms with Crippen molar-refractivity contribution >= 4 is 81.4 Å². The third-order valence-corrected chi connectivity index (χ3v) is 0.341. The standard InChI is InChI=1S/C3H6O3.2Ca.ClH/c1-2(4)3(5)6;;;/h2,4H,1H3,(H,5,6);;;1H/q;2*+2;/p-2. The zero-order valence-corrected chi connectivity index (χ0v) is 10.3. The molecule has 6 heteroatoms. The summed E-state index contributed by atoms with van der Waals surface area (Å²) in [6.45, 7) is 1.13. The number of hydrogen-bond acceptors (Lipinski definition) is 3. The van der Waals surface area contributed by atoms with Crippen LogP contribution in [-0.4, -0.2) is 92.7 Å². The summed E-state index contributed by atoms with van der Waals surface area (Å²) in [4.78, 5) is 9.34. The number of carbonyl (C=O) groups excluding carboxylic acids is 1. The van der Waals surface area contributed by atoms with Crippen molar-refractivity contribution in [2.75, 3.05) is 0 Å². The predicted octanol–water partition coefficient (Wildman–Crippen LogP) is -5.64. The number of carbonyl (C=O) groups is 1. The smallest absolute Gasteiger partial charge is 1.00 e. The molecule has 0 saturated carbocycles. The SMILES string of the molecule is CC(O)C(=O)[O-].[Ca+2].[Ca+2].[Cl-]. The van der Waals surface area contributed by atoms with Crippen LogP contribution in [0.1, 0.15) is 6.92 Å². The van der Waals surface area contributed by atoms with E-state index in [-0.39, 0.29) is 87.9 Å². The first kappa shape index (κ1) is 22.5. The second-order valence-corrected chi connectivity index (χ2v) is 0.995. The van der Waals surface area contributed by atoms with Crippen molar-refractivity contribution in [2.24, 2.45) is 0 Å². The van der Waals surface area contributed by atoms with Gasteiger partial charge >= 0.3 is 75.5 Å². The summed E-state index contributed by atoms with van der Waals surface area (Å²) in [7, 11) is 0. The Morgan fingerprint density at radius 1 is 1.56 bits per heavy atom. The molecule has 0 aliphatic heterocycles. The van der Waals surface area contributed by atoms with Crippen molar-refractivity contribution in [2.45, 2.75) is 13.0 Å². The normalized spacial score (nSPS) is 9.11. The van der Waals surface area contributed by atoms with E-state index in [0.717, 1.165) is 6.92 Å². The predicted molar refractivity (Wildman–Crippen MR) is 28.2 cm³/mol. The Balaban J connectivity index is -0.0000000417. The fourth-order valence-corrected chi connectivity index (χ4v) is 0. The molecule has 0 rings (SSSR count). The molecular weight excluding hydrogens is 200 g/mol. The number of carboxylic acid groups (broad SMARTS) is 1. The number of hydrogen-bond donors (Lipinski definition) is 1. The first-order chi connectivity index (χ1) is 2.64. The van der Waals surface area contributed by atoms with E-state index >= 15 is 0 Å². The molecule has 0 heterocycles. The Bertz CT molecular complexity index is 68.1. The van der Waals surface area contributed by atoms with Gasteiger partial charge < -0.3 is 27.4 Å². The van der Waals surface area contributed by atoms with Gasteiger partial charge in [-0.3, -0.25) is 0 Å². The van der Waals surface area contributed by atoms with Crippen molar-refractivity contribution in [1.82, 2.24) is 0 Å². The summed E-state index contributed by atoms with van der Waals surface area (Å²) in [5, 5.41) is 17.3. The van der Waals surface area contributed by atoms with Crippen LogP contribution in [0.4, 0.5) is 0 Å². The Labute approximate surface area is 120 Å². The minimum absolute atomic E-state index is 0. The summed E-state index contributed by atoms with van der Waals surface area (Å²) < 4.78 is 0. The quantitative estimate of drug-likeness (QED) is 0.434. The van der Waals surface area contributed by atoms with E-state index in [1.807, 2.05) is 0 Å². The van der Waals surface area contributed by atoms with Gasteiger partial charge in [0, 0.05) is 0 Å². The Kier molecular flexibility index (Phi) is 32.2. The van der Waals surface area contributed by atoms with Gasteiger partial charge in [-0.25, -0.2) is 0 Å². The minimum Gasteiger partial charge on any atom is -1.00 e. The van der Waals surface area contributed by atoms with Gasteiger partial charge in [0.05, 0.1) is 12.1 Å². The van der Waals surface area contributed by atoms with E-state index < -0.39 is 12.1 Å². The molecule has 0 spiro atoms. The maximum atomic E-state index is 9.34. The number of carboxylic acids is 1. The molecule has 0 saturated heterocycles. The molecule has 1 atom stereocenters. The Morgan fingerprint density at radius 3 is 1.67 bits per heavy atom. The molecule has 9 heavy (non-hydrogen) atoms. The molecule has 0 aromatic heterocycles. The first-order valence-electron chi connectivity index (χ1n) is 1.53. The van der Waals surface area contributed by atoms with Gasteiger partial charge in [-0.2, -0.15) is 0 Å². The van der Waals surface area contributed by atoms with E-state index in [4.69, 9.17) is 5.11 Å². The fourth-order valence-electron chi connectivity index (χ4n) is 0. The molecule has 1 N–H and O–H groups in total. The second kappa shape index (κ2) is 12.9. The van der Waals surface area contributed by atoms with Crippen LogP contribution in [0.25, 0.3) is 0 Å². The number of aliphatic hydroxyl groups excluding tert-OH is 1. The molecule has 0 aromatic carbocycles. The maximum Gasteiger partial charge on any atom is 2.00 e. The average Bonchev–Trinajstić information content (AvgIpc) is 1.36. The summed E-state index contributed by atoms with van der Waals surface area (Å²) in [5.74, 6) is -1.44. The molecule has 1 unspecified atom stereocenters. The molecule has 44 valence electrons. The Morgan fingerprint density at radius 2 is 1.67 bits per heavy atom.